The van der Waals surface area contributed by atoms with E-state index < -0.39 is 9.84 Å². The van der Waals surface area contributed by atoms with Gasteiger partial charge in [-0.15, -0.1) is 0 Å². The standard InChI is InChI=1S/C32H33N7O4S/c1-37-29-18-34-31-26(27(29)20-39(32(37)41)24-9-7-23(8-10-24)35-30(40)11-14-33)17-28(36-31)22-5-3-21(4-6-22)19-38-15-12-25(13-16-38)44(2,42)43/h3-10,17-18,25H,11-13,15-16,19-20H2,1-2H3,(H,34,36)(H,35,40). The van der Waals surface area contributed by atoms with Crippen LogP contribution in [0.5, 0.6) is 0 Å². The van der Waals surface area contributed by atoms with Crippen LogP contribution >= 0.6 is 0 Å². The molecule has 0 atom stereocenters. The van der Waals surface area contributed by atoms with E-state index in [0.29, 0.717) is 30.8 Å². The highest BCUT2D eigenvalue weighted by molar-refractivity contribution is 7.91. The number of aromatic amines is 1. The van der Waals surface area contributed by atoms with Crippen LogP contribution in [-0.2, 0) is 27.7 Å². The van der Waals surface area contributed by atoms with Gasteiger partial charge in [0.25, 0.3) is 0 Å². The number of sulfone groups is 1. The van der Waals surface area contributed by atoms with E-state index in [4.69, 9.17) is 5.26 Å². The molecule has 6 rings (SSSR count). The third-order valence-corrected chi connectivity index (χ3v) is 10.1. The summed E-state index contributed by atoms with van der Waals surface area (Å²) >= 11 is 0. The first-order valence-electron chi connectivity index (χ1n) is 14.4. The molecule has 3 amide bonds. The van der Waals surface area contributed by atoms with Crippen LogP contribution in [0, 0.1) is 11.3 Å². The largest absolute Gasteiger partial charge is 0.339 e. The lowest BCUT2D eigenvalue weighted by Crippen LogP contribution is -2.45. The van der Waals surface area contributed by atoms with E-state index >= 15 is 0 Å². The Bertz CT molecular complexity index is 1870. The van der Waals surface area contributed by atoms with E-state index in [9.17, 15) is 18.0 Å². The molecule has 4 heterocycles. The van der Waals surface area contributed by atoms with Gasteiger partial charge in [-0.05, 0) is 67.4 Å². The van der Waals surface area contributed by atoms with Crippen LogP contribution in [-0.4, -0.2) is 66.9 Å². The van der Waals surface area contributed by atoms with Crippen molar-refractivity contribution in [3.05, 3.63) is 71.9 Å². The summed E-state index contributed by atoms with van der Waals surface area (Å²) in [5, 5.41) is 12.1. The van der Waals surface area contributed by atoms with Crippen LogP contribution in [0.1, 0.15) is 30.4 Å². The van der Waals surface area contributed by atoms with E-state index in [1.165, 1.54) is 11.8 Å². The highest BCUT2D eigenvalue weighted by Crippen LogP contribution is 2.37. The van der Waals surface area contributed by atoms with Crippen LogP contribution in [0.25, 0.3) is 22.3 Å². The maximum Gasteiger partial charge on any atom is 0.329 e. The predicted octanol–water partition coefficient (Wildman–Crippen LogP) is 4.67. The highest BCUT2D eigenvalue weighted by Gasteiger charge is 2.31. The molecule has 0 bridgehead atoms. The first kappa shape index (κ1) is 29.3. The topological polar surface area (TPSA) is 142 Å². The zero-order valence-electron chi connectivity index (χ0n) is 24.6. The molecule has 0 spiro atoms. The van der Waals surface area contributed by atoms with Gasteiger partial charge >= 0.3 is 6.03 Å². The number of H-pyrrole nitrogens is 1. The summed E-state index contributed by atoms with van der Waals surface area (Å²) in [6.07, 6.45) is 4.17. The smallest absolute Gasteiger partial charge is 0.329 e. The quantitative estimate of drug-likeness (QED) is 0.309. The van der Waals surface area contributed by atoms with E-state index in [-0.39, 0.29) is 23.6 Å². The van der Waals surface area contributed by atoms with E-state index in [1.54, 1.807) is 47.3 Å². The molecular weight excluding hydrogens is 578 g/mol. The Balaban J connectivity index is 1.20. The SMILES string of the molecule is CN1C(=O)N(c2ccc(NC(=O)CC#N)cc2)Cc2c1cnc1[nH]c(-c3ccc(CN4CCC(S(C)(=O)=O)CC4)cc3)cc21. The number of aromatic nitrogens is 2. The van der Waals surface area contributed by atoms with Gasteiger partial charge in [0.15, 0.2) is 0 Å². The molecule has 226 valence electrons. The number of fused-ring (bicyclic) bond motifs is 3. The van der Waals surface area contributed by atoms with Gasteiger partial charge in [0.05, 0.1) is 29.7 Å². The second kappa shape index (κ2) is 11.7. The summed E-state index contributed by atoms with van der Waals surface area (Å²) in [5.41, 5.74) is 6.80. The minimum atomic E-state index is -2.98. The summed E-state index contributed by atoms with van der Waals surface area (Å²) in [6, 6.07) is 19.0. The molecule has 0 aliphatic carbocycles. The molecule has 2 aromatic carbocycles. The van der Waals surface area contributed by atoms with Gasteiger partial charge in [0, 0.05) is 47.9 Å². The van der Waals surface area contributed by atoms with Crippen molar-refractivity contribution in [3.63, 3.8) is 0 Å². The van der Waals surface area contributed by atoms with Crippen molar-refractivity contribution in [1.29, 1.82) is 5.26 Å². The second-order valence-electron chi connectivity index (χ2n) is 11.4. The number of carbonyl (C=O) groups excluding carboxylic acids is 2. The van der Waals surface area contributed by atoms with Gasteiger partial charge in [0.2, 0.25) is 5.91 Å². The number of nitrogens with zero attached hydrogens (tertiary/aromatic N) is 5. The zero-order chi connectivity index (χ0) is 31.0. The monoisotopic (exact) mass is 611 g/mol. The van der Waals surface area contributed by atoms with E-state index in [1.807, 2.05) is 6.07 Å². The molecule has 2 aromatic heterocycles. The average molecular weight is 612 g/mol. The van der Waals surface area contributed by atoms with Gasteiger partial charge in [-0.2, -0.15) is 5.26 Å². The number of piperidine rings is 1. The van der Waals surface area contributed by atoms with Gasteiger partial charge < -0.3 is 10.3 Å². The molecule has 1 saturated heterocycles. The number of carbonyl (C=O) groups is 2. The molecule has 2 N–H and O–H groups in total. The fourth-order valence-corrected chi connectivity index (χ4v) is 7.05. The Kier molecular flexibility index (Phi) is 7.84. The third-order valence-electron chi connectivity index (χ3n) is 8.46. The van der Waals surface area contributed by atoms with Crippen molar-refractivity contribution in [2.24, 2.45) is 0 Å². The summed E-state index contributed by atoms with van der Waals surface area (Å²) < 4.78 is 23.7. The summed E-state index contributed by atoms with van der Waals surface area (Å²) in [6.45, 7) is 2.68. The predicted molar refractivity (Wildman–Crippen MR) is 170 cm³/mol. The Morgan fingerprint density at radius 2 is 1.82 bits per heavy atom. The molecule has 11 nitrogen and oxygen atoms in total. The molecule has 1 fully saturated rings. The molecule has 2 aliphatic heterocycles. The molecule has 0 saturated carbocycles. The van der Waals surface area contributed by atoms with Crippen molar-refractivity contribution < 1.29 is 18.0 Å². The van der Waals surface area contributed by atoms with Crippen LogP contribution in [0.3, 0.4) is 0 Å². The Hall–Kier alpha value is -4.73. The first-order chi connectivity index (χ1) is 21.1. The van der Waals surface area contributed by atoms with E-state index in [0.717, 1.165) is 53.2 Å². The number of nitrogens with one attached hydrogen (secondary N) is 2. The first-order valence-corrected chi connectivity index (χ1v) is 16.4. The molecule has 12 heteroatoms. The maximum absolute atomic E-state index is 13.3. The lowest BCUT2D eigenvalue weighted by atomic mass is 10.0. The fourth-order valence-electron chi connectivity index (χ4n) is 5.98. The number of benzene rings is 2. The minimum Gasteiger partial charge on any atom is -0.339 e. The Morgan fingerprint density at radius 3 is 2.48 bits per heavy atom. The number of likely N-dealkylation sites (tertiary alicyclic amines) is 1. The van der Waals surface area contributed by atoms with Gasteiger partial charge in [-0.25, -0.2) is 18.2 Å². The Morgan fingerprint density at radius 1 is 1.11 bits per heavy atom. The van der Waals surface area contributed by atoms with Crippen molar-refractivity contribution in [2.45, 2.75) is 37.6 Å². The fraction of sp³-hybridized carbons (Fsp3) is 0.312. The number of rotatable bonds is 7. The van der Waals surface area contributed by atoms with Gasteiger partial charge in [-0.1, -0.05) is 24.3 Å². The molecule has 2 aliphatic rings. The number of hydrogen-bond acceptors (Lipinski definition) is 7. The van der Waals surface area contributed by atoms with Crippen LogP contribution in [0.2, 0.25) is 0 Å². The molecule has 0 unspecified atom stereocenters. The summed E-state index contributed by atoms with van der Waals surface area (Å²) in [4.78, 5) is 38.7. The van der Waals surface area contributed by atoms with Crippen LogP contribution < -0.4 is 15.1 Å². The van der Waals surface area contributed by atoms with Crippen molar-refractivity contribution in [3.8, 4) is 17.3 Å². The average Bonchev–Trinajstić information content (AvgIpc) is 3.45. The third kappa shape index (κ3) is 5.89. The molecule has 44 heavy (non-hydrogen) atoms. The number of urea groups is 1. The number of pyridine rings is 1. The lowest BCUT2D eigenvalue weighted by Gasteiger charge is -2.35. The number of nitriles is 1. The zero-order valence-corrected chi connectivity index (χ0v) is 25.4. The maximum atomic E-state index is 13.3. The van der Waals surface area contributed by atoms with Gasteiger partial charge in [-0.3, -0.25) is 19.5 Å². The van der Waals surface area contributed by atoms with Crippen molar-refractivity contribution >= 4 is 49.9 Å². The lowest BCUT2D eigenvalue weighted by molar-refractivity contribution is -0.115. The molecule has 0 radical (unpaired) electrons. The van der Waals surface area contributed by atoms with Crippen molar-refractivity contribution in [1.82, 2.24) is 14.9 Å². The second-order valence-corrected chi connectivity index (χ2v) is 13.8. The molecular formula is C32H33N7O4S. The Labute approximate surface area is 256 Å². The number of amides is 3. The van der Waals surface area contributed by atoms with Gasteiger partial charge in [0.1, 0.15) is 21.9 Å². The van der Waals surface area contributed by atoms with Crippen LogP contribution in [0.15, 0.2) is 60.8 Å². The minimum absolute atomic E-state index is 0.188. The number of anilines is 3. The summed E-state index contributed by atoms with van der Waals surface area (Å²) in [7, 11) is -1.25. The molecule has 4 aromatic rings. The highest BCUT2D eigenvalue weighted by atomic mass is 32.2. The summed E-state index contributed by atoms with van der Waals surface area (Å²) in [5.74, 6) is -0.387. The van der Waals surface area contributed by atoms with Crippen LogP contribution in [0.4, 0.5) is 21.9 Å². The van der Waals surface area contributed by atoms with E-state index in [2.05, 4.69) is 50.5 Å². The normalized spacial score (nSPS) is 16.2. The van der Waals surface area contributed by atoms with Crippen molar-refractivity contribution in [2.75, 3.05) is 41.5 Å². The number of hydrogen-bond donors (Lipinski definition) is 2.